The van der Waals surface area contributed by atoms with Crippen molar-refractivity contribution in [2.75, 3.05) is 0 Å². The van der Waals surface area contributed by atoms with Crippen molar-refractivity contribution in [1.82, 2.24) is 0 Å². The average molecular weight is 376 g/mol. The normalized spacial score (nSPS) is 9.44. The fourth-order valence-electron chi connectivity index (χ4n) is 3.07. The minimum absolute atomic E-state index is 0. The van der Waals surface area contributed by atoms with Crippen LogP contribution in [-0.2, 0) is 17.4 Å². The Labute approximate surface area is 159 Å². The first kappa shape index (κ1) is 23.1. The third kappa shape index (κ3) is 4.57. The van der Waals surface area contributed by atoms with Crippen molar-refractivity contribution in [3.8, 4) is 0 Å². The van der Waals surface area contributed by atoms with Crippen molar-refractivity contribution in [3.63, 3.8) is 0 Å². The number of fused-ring (bicyclic) bond motifs is 2. The first-order valence-electron chi connectivity index (χ1n) is 7.81. The topological polar surface area (TPSA) is 0 Å². The summed E-state index contributed by atoms with van der Waals surface area (Å²) in [5, 5.41) is 5.57. The van der Waals surface area contributed by atoms with Gasteiger partial charge in [-0.2, -0.15) is 24.3 Å². The molecule has 4 rings (SSSR count). The predicted octanol–water partition coefficient (Wildman–Crippen LogP) is 0.357. The molecule has 0 saturated heterocycles. The van der Waals surface area contributed by atoms with E-state index in [9.17, 15) is 0 Å². The molecule has 0 N–H and O–H groups in total. The molecule has 4 aromatic rings. The molecule has 0 fully saturated rings. The van der Waals surface area contributed by atoms with Crippen LogP contribution in [0.15, 0.2) is 60.7 Å². The molecule has 0 bridgehead atoms. The Morgan fingerprint density at radius 2 is 0.840 bits per heavy atom. The molecule has 130 valence electrons. The summed E-state index contributed by atoms with van der Waals surface area (Å²) in [5.41, 5.74) is 5.48. The van der Waals surface area contributed by atoms with Crippen molar-refractivity contribution in [3.05, 3.63) is 82.9 Å². The second-order valence-electron chi connectivity index (χ2n) is 6.10. The predicted molar refractivity (Wildman–Crippen MR) is 98.0 cm³/mol. The molecule has 3 heteroatoms. The van der Waals surface area contributed by atoms with Crippen LogP contribution in [-0.4, -0.2) is 0 Å². The van der Waals surface area contributed by atoms with E-state index in [4.69, 9.17) is 0 Å². The number of hydrogen-bond acceptors (Lipinski definition) is 0. The molecule has 0 spiro atoms. The molecule has 0 amide bonds. The zero-order valence-electron chi connectivity index (χ0n) is 14.9. The Morgan fingerprint density at radius 1 is 0.520 bits per heavy atom. The molecule has 0 atom stereocenters. The third-order valence-electron chi connectivity index (χ3n) is 4.50. The van der Waals surface area contributed by atoms with E-state index in [1.54, 1.807) is 0 Å². The molecule has 4 aromatic carbocycles. The van der Waals surface area contributed by atoms with Crippen molar-refractivity contribution in [1.29, 1.82) is 0 Å². The summed E-state index contributed by atoms with van der Waals surface area (Å²) >= 11 is 0. The van der Waals surface area contributed by atoms with Gasteiger partial charge in [0.15, 0.2) is 0 Å². The van der Waals surface area contributed by atoms with Crippen molar-refractivity contribution in [2.24, 2.45) is 0 Å². The summed E-state index contributed by atoms with van der Waals surface area (Å²) in [4.78, 5) is 0. The second-order valence-corrected chi connectivity index (χ2v) is 6.10. The van der Waals surface area contributed by atoms with Gasteiger partial charge in [-0.15, -0.1) is 56.9 Å². The van der Waals surface area contributed by atoms with Gasteiger partial charge in [0.25, 0.3) is 0 Å². The molecular formula is C22H22CrF2. The van der Waals surface area contributed by atoms with Crippen LogP contribution in [0.25, 0.3) is 21.5 Å². The first-order chi connectivity index (χ1) is 10.6. The van der Waals surface area contributed by atoms with Crippen LogP contribution < -0.4 is 9.41 Å². The number of rotatable bonds is 0. The SMILES string of the molecule is Cc1ccc(C)c2[cH-]ccc12.Cc1ccc(C)c2[cH-]ccc12.[Cr+4].[F-].[F-]. The molecule has 25 heavy (non-hydrogen) atoms. The van der Waals surface area contributed by atoms with E-state index in [0.29, 0.717) is 0 Å². The maximum atomic E-state index is 2.18. The number of benzene rings is 2. The van der Waals surface area contributed by atoms with Crippen LogP contribution in [0.2, 0.25) is 0 Å². The van der Waals surface area contributed by atoms with Crippen LogP contribution in [0.5, 0.6) is 0 Å². The minimum Gasteiger partial charge on any atom is -1.00 e. The quantitative estimate of drug-likeness (QED) is 0.389. The Morgan fingerprint density at radius 3 is 1.16 bits per heavy atom. The van der Waals surface area contributed by atoms with Crippen LogP contribution in [0.4, 0.5) is 0 Å². The van der Waals surface area contributed by atoms with E-state index in [-0.39, 0.29) is 26.8 Å². The monoisotopic (exact) mass is 376 g/mol. The molecule has 0 unspecified atom stereocenters. The van der Waals surface area contributed by atoms with Gasteiger partial charge in [0, 0.05) is 0 Å². The van der Waals surface area contributed by atoms with Crippen LogP contribution in [0.3, 0.4) is 0 Å². The van der Waals surface area contributed by atoms with E-state index < -0.39 is 0 Å². The van der Waals surface area contributed by atoms with Crippen molar-refractivity contribution in [2.45, 2.75) is 27.7 Å². The van der Waals surface area contributed by atoms with Gasteiger partial charge in [0.1, 0.15) is 0 Å². The van der Waals surface area contributed by atoms with E-state index in [1.165, 1.54) is 43.8 Å². The maximum absolute atomic E-state index is 2.18. The summed E-state index contributed by atoms with van der Waals surface area (Å²) in [7, 11) is 0. The number of halogens is 2. The third-order valence-corrected chi connectivity index (χ3v) is 4.50. The van der Waals surface area contributed by atoms with Crippen molar-refractivity contribution >= 4 is 21.5 Å². The fraction of sp³-hybridized carbons (Fsp3) is 0.182. The van der Waals surface area contributed by atoms with Crippen LogP contribution >= 0.6 is 0 Å². The summed E-state index contributed by atoms with van der Waals surface area (Å²) in [6, 6.07) is 21.7. The molecule has 0 aliphatic rings. The van der Waals surface area contributed by atoms with Gasteiger partial charge in [-0.05, 0) is 13.8 Å². The van der Waals surface area contributed by atoms with Gasteiger partial charge in [0.2, 0.25) is 0 Å². The standard InChI is InChI=1S/2C11H11.Cr.2FH/c2*1-8-6-7-9(2)11-5-3-4-10(8)11;;;/h2*3-7H,1-2H3;;2*1H/q2*-1;+4;;/p-2. The van der Waals surface area contributed by atoms with Crippen LogP contribution in [0, 0.1) is 27.7 Å². The summed E-state index contributed by atoms with van der Waals surface area (Å²) in [6.07, 6.45) is 0. The van der Waals surface area contributed by atoms with Gasteiger partial charge in [0.05, 0.1) is 0 Å². The number of hydrogen-bond donors (Lipinski definition) is 0. The maximum Gasteiger partial charge on any atom is 4.00 e. The Bertz CT molecular complexity index is 782. The van der Waals surface area contributed by atoms with E-state index in [1.807, 2.05) is 0 Å². The summed E-state index contributed by atoms with van der Waals surface area (Å²) in [6.45, 7) is 8.62. The summed E-state index contributed by atoms with van der Waals surface area (Å²) in [5.74, 6) is 0. The summed E-state index contributed by atoms with van der Waals surface area (Å²) < 4.78 is 0. The molecule has 0 aliphatic carbocycles. The smallest absolute Gasteiger partial charge is 1.00 e. The zero-order chi connectivity index (χ0) is 15.7. The molecular weight excluding hydrogens is 354 g/mol. The fourth-order valence-corrected chi connectivity index (χ4v) is 3.07. The van der Waals surface area contributed by atoms with Gasteiger partial charge < -0.3 is 9.41 Å². The van der Waals surface area contributed by atoms with E-state index in [2.05, 4.69) is 88.4 Å². The molecule has 0 radical (unpaired) electrons. The molecule has 0 aromatic heterocycles. The zero-order valence-corrected chi connectivity index (χ0v) is 16.2. The van der Waals surface area contributed by atoms with Gasteiger partial charge >= 0.3 is 17.4 Å². The molecule has 0 aliphatic heterocycles. The molecule has 0 saturated carbocycles. The van der Waals surface area contributed by atoms with Gasteiger partial charge in [-0.1, -0.05) is 37.1 Å². The first-order valence-corrected chi connectivity index (χ1v) is 7.81. The largest absolute Gasteiger partial charge is 4.00 e. The van der Waals surface area contributed by atoms with E-state index in [0.717, 1.165) is 0 Å². The van der Waals surface area contributed by atoms with Gasteiger partial charge in [-0.25, -0.2) is 0 Å². The Balaban J connectivity index is 0.000000411. The minimum atomic E-state index is 0. The second kappa shape index (κ2) is 9.51. The molecule has 0 heterocycles. The average Bonchev–Trinajstić information content (AvgIpc) is 3.17. The Hall–Kier alpha value is -1.95. The van der Waals surface area contributed by atoms with Crippen molar-refractivity contribution < 1.29 is 26.8 Å². The molecule has 0 nitrogen and oxygen atoms in total. The van der Waals surface area contributed by atoms with Crippen LogP contribution in [0.1, 0.15) is 22.3 Å². The Kier molecular flexibility index (Phi) is 8.77. The number of aryl methyl sites for hydroxylation is 4. The van der Waals surface area contributed by atoms with Gasteiger partial charge in [-0.3, -0.25) is 0 Å². The van der Waals surface area contributed by atoms with E-state index >= 15 is 0 Å².